The van der Waals surface area contributed by atoms with Crippen LogP contribution in [0.1, 0.15) is 17.3 Å². The fraction of sp³-hybridized carbons (Fsp3) is 0.200. The summed E-state index contributed by atoms with van der Waals surface area (Å²) < 4.78 is 5.52. The Hall–Kier alpha value is -3.28. The zero-order valence-electron chi connectivity index (χ0n) is 14.7. The van der Waals surface area contributed by atoms with Gasteiger partial charge in [0.15, 0.2) is 0 Å². The summed E-state index contributed by atoms with van der Waals surface area (Å²) in [6.07, 6.45) is 1.64. The first-order chi connectivity index (χ1) is 12.6. The maximum absolute atomic E-state index is 12.2. The summed E-state index contributed by atoms with van der Waals surface area (Å²) in [5.41, 5.74) is 1.83. The van der Waals surface area contributed by atoms with Crippen LogP contribution in [0.3, 0.4) is 0 Å². The number of rotatable bonds is 9. The molecule has 0 saturated carbocycles. The van der Waals surface area contributed by atoms with Gasteiger partial charge in [-0.2, -0.15) is 0 Å². The zero-order valence-corrected chi connectivity index (χ0v) is 14.7. The summed E-state index contributed by atoms with van der Waals surface area (Å²) in [7, 11) is 0. The molecule has 0 fully saturated rings. The number of carbonyl (C=O) groups excluding carboxylic acids is 2. The van der Waals surface area contributed by atoms with Crippen molar-refractivity contribution in [1.82, 2.24) is 5.32 Å². The Kier molecular flexibility index (Phi) is 7.24. The first-order valence-corrected chi connectivity index (χ1v) is 8.38. The molecular weight excluding hydrogens is 330 g/mol. The van der Waals surface area contributed by atoms with Crippen LogP contribution in [0.2, 0.25) is 0 Å². The second kappa shape index (κ2) is 9.88. The molecule has 0 radical (unpaired) electrons. The Labute approximate surface area is 153 Å². The molecule has 0 bridgehead atoms. The van der Waals surface area contributed by atoms with E-state index in [0.717, 1.165) is 0 Å². The van der Waals surface area contributed by atoms with E-state index in [1.54, 1.807) is 42.5 Å². The molecule has 0 aliphatic rings. The van der Waals surface area contributed by atoms with Crippen LogP contribution in [0.4, 0.5) is 11.4 Å². The van der Waals surface area contributed by atoms with Crippen molar-refractivity contribution in [3.05, 3.63) is 66.7 Å². The lowest BCUT2D eigenvalue weighted by molar-refractivity contribution is -0.114. The quantitative estimate of drug-likeness (QED) is 0.606. The number of nitrogens with one attached hydrogen (secondary N) is 3. The molecule has 2 aromatic rings. The molecule has 2 amide bonds. The molecule has 0 unspecified atom stereocenters. The summed E-state index contributed by atoms with van der Waals surface area (Å²) in [6.45, 7) is 6.46. The van der Waals surface area contributed by atoms with Gasteiger partial charge in [0.05, 0.1) is 12.2 Å². The van der Waals surface area contributed by atoms with Crippen LogP contribution in [0, 0.1) is 0 Å². The van der Waals surface area contributed by atoms with Gasteiger partial charge < -0.3 is 20.7 Å². The SMILES string of the molecule is C=CCOc1ccccc1NC(=O)CNc1cccc(C(=O)NCC)c1. The molecule has 3 N–H and O–H groups in total. The summed E-state index contributed by atoms with van der Waals surface area (Å²) in [6, 6.07) is 14.2. The fourth-order valence-corrected chi connectivity index (χ4v) is 2.25. The van der Waals surface area contributed by atoms with Crippen molar-refractivity contribution < 1.29 is 14.3 Å². The number of amides is 2. The smallest absolute Gasteiger partial charge is 0.251 e. The van der Waals surface area contributed by atoms with E-state index in [1.165, 1.54) is 0 Å². The number of anilines is 2. The highest BCUT2D eigenvalue weighted by Gasteiger charge is 2.08. The first-order valence-electron chi connectivity index (χ1n) is 8.38. The first kappa shape index (κ1) is 19.1. The van der Waals surface area contributed by atoms with Crippen molar-refractivity contribution in [3.63, 3.8) is 0 Å². The summed E-state index contributed by atoms with van der Waals surface area (Å²) in [5, 5.41) is 8.57. The maximum Gasteiger partial charge on any atom is 0.251 e. The third-order valence-corrected chi connectivity index (χ3v) is 3.43. The number of ether oxygens (including phenoxy) is 1. The van der Waals surface area contributed by atoms with E-state index in [4.69, 9.17) is 4.74 Å². The van der Waals surface area contributed by atoms with E-state index in [2.05, 4.69) is 22.5 Å². The third-order valence-electron chi connectivity index (χ3n) is 3.43. The lowest BCUT2D eigenvalue weighted by Crippen LogP contribution is -2.24. The van der Waals surface area contributed by atoms with Crippen molar-refractivity contribution in [1.29, 1.82) is 0 Å². The van der Waals surface area contributed by atoms with Crippen molar-refractivity contribution >= 4 is 23.2 Å². The molecule has 0 heterocycles. The molecular formula is C20H23N3O3. The van der Waals surface area contributed by atoms with Gasteiger partial charge in [-0.15, -0.1) is 0 Å². The van der Waals surface area contributed by atoms with Crippen LogP contribution < -0.4 is 20.7 Å². The molecule has 6 nitrogen and oxygen atoms in total. The minimum Gasteiger partial charge on any atom is -0.487 e. The van der Waals surface area contributed by atoms with E-state index in [-0.39, 0.29) is 18.4 Å². The molecule has 2 rings (SSSR count). The third kappa shape index (κ3) is 5.66. The highest BCUT2D eigenvalue weighted by molar-refractivity contribution is 5.96. The van der Waals surface area contributed by atoms with Crippen LogP contribution in [-0.2, 0) is 4.79 Å². The van der Waals surface area contributed by atoms with Crippen LogP contribution >= 0.6 is 0 Å². The average Bonchev–Trinajstić information content (AvgIpc) is 2.66. The summed E-state index contributed by atoms with van der Waals surface area (Å²) in [4.78, 5) is 24.1. The van der Waals surface area contributed by atoms with Crippen molar-refractivity contribution in [2.24, 2.45) is 0 Å². The zero-order chi connectivity index (χ0) is 18.8. The number of hydrogen-bond acceptors (Lipinski definition) is 4. The highest BCUT2D eigenvalue weighted by Crippen LogP contribution is 2.23. The van der Waals surface area contributed by atoms with Gasteiger partial charge in [-0.1, -0.05) is 30.9 Å². The number of carbonyl (C=O) groups is 2. The minimum absolute atomic E-state index is 0.0641. The Morgan fingerprint density at radius 3 is 2.73 bits per heavy atom. The van der Waals surface area contributed by atoms with Crippen LogP contribution in [0.15, 0.2) is 61.2 Å². The fourth-order valence-electron chi connectivity index (χ4n) is 2.25. The standard InChI is InChI=1S/C20H23N3O3/c1-3-12-26-18-11-6-5-10-17(18)23-19(24)14-22-16-9-7-8-15(13-16)20(25)21-4-2/h3,5-11,13,22H,1,4,12,14H2,2H3,(H,21,25)(H,23,24). The summed E-state index contributed by atoms with van der Waals surface area (Å²) in [5.74, 6) is 0.218. The maximum atomic E-state index is 12.2. The topological polar surface area (TPSA) is 79.5 Å². The number of hydrogen-bond donors (Lipinski definition) is 3. The predicted molar refractivity (Wildman–Crippen MR) is 104 cm³/mol. The average molecular weight is 353 g/mol. The molecule has 136 valence electrons. The van der Waals surface area contributed by atoms with Crippen molar-refractivity contribution in [3.8, 4) is 5.75 Å². The van der Waals surface area contributed by atoms with Gasteiger partial charge in [0, 0.05) is 17.8 Å². The Morgan fingerprint density at radius 2 is 1.96 bits per heavy atom. The molecule has 2 aromatic carbocycles. The lowest BCUT2D eigenvalue weighted by Gasteiger charge is -2.12. The van der Waals surface area contributed by atoms with Gasteiger partial charge >= 0.3 is 0 Å². The highest BCUT2D eigenvalue weighted by atomic mass is 16.5. The second-order valence-corrected chi connectivity index (χ2v) is 5.44. The molecule has 0 aliphatic heterocycles. The normalized spacial score (nSPS) is 9.88. The van der Waals surface area contributed by atoms with Gasteiger partial charge in [-0.25, -0.2) is 0 Å². The molecule has 6 heteroatoms. The molecule has 0 spiro atoms. The van der Waals surface area contributed by atoms with Crippen molar-refractivity contribution in [2.75, 3.05) is 30.3 Å². The molecule has 0 atom stereocenters. The van der Waals surface area contributed by atoms with E-state index < -0.39 is 0 Å². The molecule has 0 saturated heterocycles. The second-order valence-electron chi connectivity index (χ2n) is 5.44. The minimum atomic E-state index is -0.219. The Bertz CT molecular complexity index is 774. The van der Waals surface area contributed by atoms with Gasteiger partial charge in [-0.3, -0.25) is 9.59 Å². The van der Waals surface area contributed by atoms with Gasteiger partial charge in [0.25, 0.3) is 5.91 Å². The van der Waals surface area contributed by atoms with Crippen LogP contribution in [0.25, 0.3) is 0 Å². The summed E-state index contributed by atoms with van der Waals surface area (Å²) >= 11 is 0. The Morgan fingerprint density at radius 1 is 1.15 bits per heavy atom. The van der Waals surface area contributed by atoms with Gasteiger partial charge in [-0.05, 0) is 37.3 Å². The molecule has 26 heavy (non-hydrogen) atoms. The van der Waals surface area contributed by atoms with Crippen LogP contribution in [-0.4, -0.2) is 31.5 Å². The van der Waals surface area contributed by atoms with Crippen LogP contribution in [0.5, 0.6) is 5.75 Å². The Balaban J connectivity index is 1.94. The monoisotopic (exact) mass is 353 g/mol. The largest absolute Gasteiger partial charge is 0.487 e. The predicted octanol–water partition coefficient (Wildman–Crippen LogP) is 3.05. The molecule has 0 aromatic heterocycles. The van der Waals surface area contributed by atoms with E-state index in [1.807, 2.05) is 19.1 Å². The van der Waals surface area contributed by atoms with Crippen molar-refractivity contribution in [2.45, 2.75) is 6.92 Å². The van der Waals surface area contributed by atoms with E-state index in [9.17, 15) is 9.59 Å². The number of para-hydroxylation sites is 2. The number of benzene rings is 2. The van der Waals surface area contributed by atoms with Gasteiger partial charge in [0.1, 0.15) is 12.4 Å². The molecule has 0 aliphatic carbocycles. The lowest BCUT2D eigenvalue weighted by atomic mass is 10.2. The van der Waals surface area contributed by atoms with E-state index in [0.29, 0.717) is 35.8 Å². The van der Waals surface area contributed by atoms with Gasteiger partial charge in [0.2, 0.25) is 5.91 Å². The van der Waals surface area contributed by atoms with E-state index >= 15 is 0 Å².